The largest absolute Gasteiger partial charge is 0.329 e. The van der Waals surface area contributed by atoms with Crippen LogP contribution < -0.4 is 5.73 Å². The summed E-state index contributed by atoms with van der Waals surface area (Å²) >= 11 is 0. The second kappa shape index (κ2) is 5.55. The Morgan fingerprint density at radius 1 is 1.62 bits per heavy atom. The SMILES string of the molecule is CCC/C(=C\C(C)N)CP(=O)(O)O. The maximum atomic E-state index is 10.7. The van der Waals surface area contributed by atoms with E-state index in [1.54, 1.807) is 13.0 Å². The van der Waals surface area contributed by atoms with Gasteiger partial charge in [-0.2, -0.15) is 0 Å². The van der Waals surface area contributed by atoms with Crippen LogP contribution in [0.1, 0.15) is 26.7 Å². The van der Waals surface area contributed by atoms with Gasteiger partial charge in [0.25, 0.3) is 0 Å². The van der Waals surface area contributed by atoms with Crippen molar-refractivity contribution in [2.75, 3.05) is 6.16 Å². The zero-order valence-electron chi connectivity index (χ0n) is 8.10. The molecular weight excluding hydrogens is 189 g/mol. The molecule has 0 spiro atoms. The predicted octanol–water partition coefficient (Wildman–Crippen LogP) is 1.24. The Hall–Kier alpha value is -0.150. The van der Waals surface area contributed by atoms with Crippen LogP contribution in [0.2, 0.25) is 0 Å². The summed E-state index contributed by atoms with van der Waals surface area (Å²) in [6.45, 7) is 3.75. The Morgan fingerprint density at radius 3 is 2.46 bits per heavy atom. The summed E-state index contributed by atoms with van der Waals surface area (Å²) in [5, 5.41) is 0. The van der Waals surface area contributed by atoms with Crippen molar-refractivity contribution in [2.24, 2.45) is 5.73 Å². The van der Waals surface area contributed by atoms with E-state index in [2.05, 4.69) is 0 Å². The summed E-state index contributed by atoms with van der Waals surface area (Å²) in [5.41, 5.74) is 6.27. The van der Waals surface area contributed by atoms with Crippen LogP contribution in [0.3, 0.4) is 0 Å². The lowest BCUT2D eigenvalue weighted by Crippen LogP contribution is -2.12. The average molecular weight is 207 g/mol. The lowest BCUT2D eigenvalue weighted by atomic mass is 10.1. The summed E-state index contributed by atoms with van der Waals surface area (Å²) in [7, 11) is -3.93. The molecule has 0 amide bonds. The van der Waals surface area contributed by atoms with Gasteiger partial charge in [0.05, 0.1) is 6.16 Å². The lowest BCUT2D eigenvalue weighted by molar-refractivity contribution is 0.375. The molecule has 78 valence electrons. The van der Waals surface area contributed by atoms with Crippen molar-refractivity contribution in [1.29, 1.82) is 0 Å². The van der Waals surface area contributed by atoms with E-state index in [-0.39, 0.29) is 12.2 Å². The average Bonchev–Trinajstić information content (AvgIpc) is 1.81. The topological polar surface area (TPSA) is 83.6 Å². The van der Waals surface area contributed by atoms with Gasteiger partial charge >= 0.3 is 7.60 Å². The zero-order chi connectivity index (χ0) is 10.5. The first-order valence-electron chi connectivity index (χ1n) is 4.35. The Balaban J connectivity index is 4.35. The maximum Gasteiger partial charge on any atom is 0.329 e. The highest BCUT2D eigenvalue weighted by atomic mass is 31.2. The Kier molecular flexibility index (Phi) is 5.49. The molecule has 5 heteroatoms. The summed E-state index contributed by atoms with van der Waals surface area (Å²) in [4.78, 5) is 17.5. The minimum absolute atomic E-state index is 0.145. The van der Waals surface area contributed by atoms with Crippen LogP contribution in [-0.4, -0.2) is 22.0 Å². The van der Waals surface area contributed by atoms with Crippen molar-refractivity contribution in [1.82, 2.24) is 0 Å². The van der Waals surface area contributed by atoms with Crippen LogP contribution in [0.25, 0.3) is 0 Å². The highest BCUT2D eigenvalue weighted by molar-refractivity contribution is 7.52. The van der Waals surface area contributed by atoms with Crippen LogP contribution in [-0.2, 0) is 4.57 Å². The normalized spacial score (nSPS) is 15.9. The van der Waals surface area contributed by atoms with E-state index in [9.17, 15) is 4.57 Å². The van der Waals surface area contributed by atoms with Gasteiger partial charge in [0.1, 0.15) is 0 Å². The van der Waals surface area contributed by atoms with E-state index in [0.717, 1.165) is 12.0 Å². The van der Waals surface area contributed by atoms with Crippen molar-refractivity contribution in [3.05, 3.63) is 11.6 Å². The van der Waals surface area contributed by atoms with Crippen LogP contribution >= 0.6 is 7.60 Å². The molecule has 1 atom stereocenters. The highest BCUT2D eigenvalue weighted by Gasteiger charge is 2.15. The fourth-order valence-corrected chi connectivity index (χ4v) is 1.97. The Morgan fingerprint density at radius 2 is 2.15 bits per heavy atom. The summed E-state index contributed by atoms with van der Waals surface area (Å²) in [6, 6.07) is -0.145. The molecule has 0 saturated heterocycles. The fraction of sp³-hybridized carbons (Fsp3) is 0.750. The second-order valence-electron chi connectivity index (χ2n) is 3.26. The zero-order valence-corrected chi connectivity index (χ0v) is 9.00. The van der Waals surface area contributed by atoms with Crippen LogP contribution in [0, 0.1) is 0 Å². The van der Waals surface area contributed by atoms with E-state index in [0.29, 0.717) is 6.42 Å². The van der Waals surface area contributed by atoms with Crippen molar-refractivity contribution >= 4 is 7.60 Å². The molecule has 0 saturated carbocycles. The number of allylic oxidation sites excluding steroid dienone is 1. The molecule has 4 N–H and O–H groups in total. The molecule has 0 radical (unpaired) electrons. The smallest absolute Gasteiger partial charge is 0.325 e. The van der Waals surface area contributed by atoms with Gasteiger partial charge in [-0.05, 0) is 13.3 Å². The first kappa shape index (κ1) is 12.8. The monoisotopic (exact) mass is 207 g/mol. The minimum Gasteiger partial charge on any atom is -0.325 e. The van der Waals surface area contributed by atoms with E-state index in [1.807, 2.05) is 6.92 Å². The van der Waals surface area contributed by atoms with Gasteiger partial charge in [0.2, 0.25) is 0 Å². The maximum absolute atomic E-state index is 10.7. The number of rotatable bonds is 5. The van der Waals surface area contributed by atoms with E-state index in [1.165, 1.54) is 0 Å². The van der Waals surface area contributed by atoms with Gasteiger partial charge < -0.3 is 15.5 Å². The fourth-order valence-electron chi connectivity index (χ4n) is 1.17. The molecule has 1 unspecified atom stereocenters. The van der Waals surface area contributed by atoms with Gasteiger partial charge in [0.15, 0.2) is 0 Å². The molecule has 13 heavy (non-hydrogen) atoms. The molecule has 0 bridgehead atoms. The molecule has 0 heterocycles. The molecule has 0 aromatic rings. The summed E-state index contributed by atoms with van der Waals surface area (Å²) in [6.07, 6.45) is 3.14. The van der Waals surface area contributed by atoms with Crippen LogP contribution in [0.4, 0.5) is 0 Å². The molecule has 0 aromatic heterocycles. The molecule has 0 aromatic carbocycles. The van der Waals surface area contributed by atoms with Gasteiger partial charge in [-0.15, -0.1) is 0 Å². The van der Waals surface area contributed by atoms with Crippen LogP contribution in [0.15, 0.2) is 11.6 Å². The minimum atomic E-state index is -3.93. The lowest BCUT2D eigenvalue weighted by Gasteiger charge is -2.09. The first-order chi connectivity index (χ1) is 5.85. The Labute approximate surface area is 79.0 Å². The number of hydrogen-bond donors (Lipinski definition) is 3. The van der Waals surface area contributed by atoms with Crippen molar-refractivity contribution in [3.63, 3.8) is 0 Å². The van der Waals surface area contributed by atoms with Gasteiger partial charge in [-0.1, -0.05) is 25.0 Å². The third kappa shape index (κ3) is 8.19. The third-order valence-electron chi connectivity index (χ3n) is 1.48. The number of nitrogens with two attached hydrogens (primary N) is 1. The number of hydrogen-bond acceptors (Lipinski definition) is 2. The summed E-state index contributed by atoms with van der Waals surface area (Å²) < 4.78 is 10.7. The van der Waals surface area contributed by atoms with Gasteiger partial charge in [-0.25, -0.2) is 0 Å². The quantitative estimate of drug-likeness (QED) is 0.467. The van der Waals surface area contributed by atoms with Crippen molar-refractivity contribution < 1.29 is 14.4 Å². The van der Waals surface area contributed by atoms with Gasteiger partial charge in [-0.3, -0.25) is 4.57 Å². The molecule has 0 aliphatic rings. The second-order valence-corrected chi connectivity index (χ2v) is 4.90. The highest BCUT2D eigenvalue weighted by Crippen LogP contribution is 2.37. The molecular formula is C8H18NO3P. The van der Waals surface area contributed by atoms with E-state index < -0.39 is 7.60 Å². The Bertz CT molecular complexity index is 219. The van der Waals surface area contributed by atoms with Gasteiger partial charge in [0, 0.05) is 6.04 Å². The molecule has 0 fully saturated rings. The standard InChI is InChI=1S/C8H18NO3P/c1-3-4-8(5-7(2)9)6-13(10,11)12/h5,7H,3-4,6,9H2,1-2H3,(H2,10,11,12)/b8-5+. The third-order valence-corrected chi connectivity index (χ3v) is 2.30. The molecule has 0 aliphatic heterocycles. The summed E-state index contributed by atoms with van der Waals surface area (Å²) in [5.74, 6) is 0. The molecule has 4 nitrogen and oxygen atoms in total. The van der Waals surface area contributed by atoms with Crippen LogP contribution in [0.5, 0.6) is 0 Å². The van der Waals surface area contributed by atoms with E-state index >= 15 is 0 Å². The van der Waals surface area contributed by atoms with Crippen molar-refractivity contribution in [2.45, 2.75) is 32.7 Å². The first-order valence-corrected chi connectivity index (χ1v) is 6.14. The van der Waals surface area contributed by atoms with Crippen molar-refractivity contribution in [3.8, 4) is 0 Å². The van der Waals surface area contributed by atoms with E-state index in [4.69, 9.17) is 15.5 Å². The molecule has 0 aliphatic carbocycles. The predicted molar refractivity (Wildman–Crippen MR) is 53.6 cm³/mol. The molecule has 0 rings (SSSR count).